The normalized spacial score (nSPS) is 14.3. The van der Waals surface area contributed by atoms with E-state index in [1.165, 1.54) is 0 Å². The van der Waals surface area contributed by atoms with E-state index >= 15 is 0 Å². The second kappa shape index (κ2) is 10.3. The molecule has 4 aromatic rings. The third-order valence-corrected chi connectivity index (χ3v) is 5.94. The van der Waals surface area contributed by atoms with Crippen molar-refractivity contribution in [2.75, 3.05) is 13.2 Å². The lowest BCUT2D eigenvalue weighted by Gasteiger charge is -2.37. The number of benzene rings is 4. The fraction of sp³-hybridized carbons (Fsp3) is 0.226. The summed E-state index contributed by atoms with van der Waals surface area (Å²) in [5.74, 6) is 1.28. The average Bonchev–Trinajstić information content (AvgIpc) is 3.43. The van der Waals surface area contributed by atoms with Gasteiger partial charge in [0.05, 0.1) is 24.9 Å². The predicted octanol–water partition coefficient (Wildman–Crippen LogP) is 6.69. The minimum atomic E-state index is -0.929. The van der Waals surface area contributed by atoms with Gasteiger partial charge < -0.3 is 18.9 Å². The zero-order valence-electron chi connectivity index (χ0n) is 20.0. The summed E-state index contributed by atoms with van der Waals surface area (Å²) in [4.78, 5) is 0. The Kier molecular flexibility index (Phi) is 6.84. The van der Waals surface area contributed by atoms with Crippen LogP contribution in [0.5, 0.6) is 11.5 Å². The van der Waals surface area contributed by atoms with Crippen molar-refractivity contribution in [1.29, 1.82) is 0 Å². The van der Waals surface area contributed by atoms with Crippen LogP contribution in [0.1, 0.15) is 42.4 Å². The molecule has 0 spiro atoms. The lowest BCUT2D eigenvalue weighted by molar-refractivity contribution is -0.0471. The van der Waals surface area contributed by atoms with E-state index < -0.39 is 11.9 Å². The van der Waals surface area contributed by atoms with Crippen LogP contribution in [0.2, 0.25) is 0 Å². The Balaban J connectivity index is 1.74. The van der Waals surface area contributed by atoms with Gasteiger partial charge in [-0.05, 0) is 26.0 Å². The zero-order chi connectivity index (χ0) is 24.1. The summed E-state index contributed by atoms with van der Waals surface area (Å²) in [6.45, 7) is 5.06. The van der Waals surface area contributed by atoms with Crippen LogP contribution in [0.4, 0.5) is 0 Å². The van der Waals surface area contributed by atoms with E-state index in [0.717, 1.165) is 16.7 Å². The number of rotatable bonds is 8. The maximum atomic E-state index is 7.15. The van der Waals surface area contributed by atoms with Crippen LogP contribution in [-0.4, -0.2) is 19.3 Å². The molecule has 1 aliphatic heterocycles. The molecule has 1 fully saturated rings. The number of ether oxygens (including phenoxy) is 4. The molecule has 4 aromatic carbocycles. The van der Waals surface area contributed by atoms with Crippen LogP contribution < -0.4 is 9.47 Å². The minimum Gasteiger partial charge on any atom is -0.491 e. The summed E-state index contributed by atoms with van der Waals surface area (Å²) in [6.07, 6.45) is -0.527. The van der Waals surface area contributed by atoms with Gasteiger partial charge in [-0.1, -0.05) is 91.0 Å². The largest absolute Gasteiger partial charge is 0.491 e. The molecule has 0 unspecified atom stereocenters. The van der Waals surface area contributed by atoms with Crippen LogP contribution in [0, 0.1) is 6.07 Å². The highest BCUT2D eigenvalue weighted by atomic mass is 16.7. The molecule has 1 aliphatic rings. The third kappa shape index (κ3) is 4.81. The molecule has 4 heteroatoms. The third-order valence-electron chi connectivity index (χ3n) is 5.94. The van der Waals surface area contributed by atoms with Gasteiger partial charge in [-0.2, -0.15) is 0 Å². The Hall–Kier alpha value is -3.60. The highest BCUT2D eigenvalue weighted by Gasteiger charge is 2.40. The lowest BCUT2D eigenvalue weighted by Crippen LogP contribution is -2.36. The van der Waals surface area contributed by atoms with Gasteiger partial charge in [0.2, 0.25) is 0 Å². The summed E-state index contributed by atoms with van der Waals surface area (Å²) in [5, 5.41) is 0. The lowest BCUT2D eigenvalue weighted by atomic mass is 9.80. The molecule has 5 rings (SSSR count). The fourth-order valence-corrected chi connectivity index (χ4v) is 4.46. The molecule has 0 bridgehead atoms. The van der Waals surface area contributed by atoms with Crippen molar-refractivity contribution in [3.63, 3.8) is 0 Å². The maximum Gasteiger partial charge on any atom is 0.188 e. The van der Waals surface area contributed by atoms with Gasteiger partial charge >= 0.3 is 0 Å². The monoisotopic (exact) mass is 465 g/mol. The summed E-state index contributed by atoms with van der Waals surface area (Å²) >= 11 is 0. The van der Waals surface area contributed by atoms with Gasteiger partial charge in [-0.3, -0.25) is 0 Å². The van der Waals surface area contributed by atoms with E-state index in [9.17, 15) is 0 Å². The molecule has 35 heavy (non-hydrogen) atoms. The Labute approximate surface area is 207 Å². The molecule has 1 radical (unpaired) electrons. The molecule has 1 saturated heterocycles. The molecule has 0 amide bonds. The molecule has 0 saturated carbocycles. The second-order valence-electron chi connectivity index (χ2n) is 8.73. The number of hydrogen-bond acceptors (Lipinski definition) is 4. The Bertz CT molecular complexity index is 1120. The van der Waals surface area contributed by atoms with Gasteiger partial charge in [-0.25, -0.2) is 0 Å². The van der Waals surface area contributed by atoms with Crippen molar-refractivity contribution in [3.8, 4) is 11.5 Å². The molecule has 0 N–H and O–H groups in total. The molecule has 0 aliphatic carbocycles. The molecule has 177 valence electrons. The predicted molar refractivity (Wildman–Crippen MR) is 136 cm³/mol. The van der Waals surface area contributed by atoms with Crippen molar-refractivity contribution in [1.82, 2.24) is 0 Å². The molecule has 0 atom stereocenters. The Morgan fingerprint density at radius 1 is 0.771 bits per heavy atom. The second-order valence-corrected chi connectivity index (χ2v) is 8.73. The first-order valence-corrected chi connectivity index (χ1v) is 12.0. The van der Waals surface area contributed by atoms with Gasteiger partial charge in [0, 0.05) is 22.8 Å². The molecule has 0 aromatic heterocycles. The van der Waals surface area contributed by atoms with Gasteiger partial charge in [0.25, 0.3) is 0 Å². The highest BCUT2D eigenvalue weighted by Crippen LogP contribution is 2.44. The minimum absolute atomic E-state index is 0.0169. The molecule has 4 nitrogen and oxygen atoms in total. The smallest absolute Gasteiger partial charge is 0.188 e. The van der Waals surface area contributed by atoms with E-state index in [4.69, 9.17) is 18.9 Å². The highest BCUT2D eigenvalue weighted by molar-refractivity contribution is 5.51. The standard InChI is InChI=1S/C31H29O4/c1-23(2)34-27-18-19-28(30-32-20-21-33-30)29(22-27)35-31(24-12-6-3-7-13-24,25-14-8-4-9-15-25)26-16-10-5-11-17-26/h3-18,22-23,30H,20-21H2,1-2H3. The van der Waals surface area contributed by atoms with Gasteiger partial charge in [-0.15, -0.1) is 0 Å². The maximum absolute atomic E-state index is 7.15. The molecular weight excluding hydrogens is 436 g/mol. The first kappa shape index (κ1) is 23.2. The van der Waals surface area contributed by atoms with Crippen molar-refractivity contribution in [2.24, 2.45) is 0 Å². The van der Waals surface area contributed by atoms with E-state index in [0.29, 0.717) is 30.3 Å². The van der Waals surface area contributed by atoms with E-state index in [-0.39, 0.29) is 6.10 Å². The van der Waals surface area contributed by atoms with Gasteiger partial charge in [0.15, 0.2) is 11.9 Å². The van der Waals surface area contributed by atoms with E-state index in [1.54, 1.807) is 0 Å². The number of hydrogen-bond donors (Lipinski definition) is 0. The average molecular weight is 466 g/mol. The van der Waals surface area contributed by atoms with Gasteiger partial charge in [0.1, 0.15) is 11.5 Å². The van der Waals surface area contributed by atoms with Crippen molar-refractivity contribution >= 4 is 0 Å². The van der Waals surface area contributed by atoms with Crippen molar-refractivity contribution in [3.05, 3.63) is 131 Å². The van der Waals surface area contributed by atoms with Crippen LogP contribution in [0.25, 0.3) is 0 Å². The summed E-state index contributed by atoms with van der Waals surface area (Å²) < 4.78 is 24.9. The van der Waals surface area contributed by atoms with E-state index in [2.05, 4.69) is 42.5 Å². The Morgan fingerprint density at radius 2 is 1.26 bits per heavy atom. The zero-order valence-corrected chi connectivity index (χ0v) is 20.0. The van der Waals surface area contributed by atoms with E-state index in [1.807, 2.05) is 80.6 Å². The fourth-order valence-electron chi connectivity index (χ4n) is 4.46. The summed E-state index contributed by atoms with van der Waals surface area (Å²) in [6, 6.07) is 37.9. The topological polar surface area (TPSA) is 36.9 Å². The first-order chi connectivity index (χ1) is 17.2. The SMILES string of the molecule is CC(C)Oc1c[c]c(C2OCCO2)c(OC(c2ccccc2)(c2ccccc2)c2ccccc2)c1. The summed E-state index contributed by atoms with van der Waals surface area (Å²) in [7, 11) is 0. The van der Waals surface area contributed by atoms with Crippen LogP contribution in [0.15, 0.2) is 103 Å². The molecular formula is C31H29O4. The van der Waals surface area contributed by atoms with Crippen LogP contribution in [-0.2, 0) is 15.1 Å². The first-order valence-electron chi connectivity index (χ1n) is 12.0. The summed E-state index contributed by atoms with van der Waals surface area (Å²) in [5.41, 5.74) is 2.80. The van der Waals surface area contributed by atoms with Crippen LogP contribution in [0.3, 0.4) is 0 Å². The van der Waals surface area contributed by atoms with Crippen molar-refractivity contribution in [2.45, 2.75) is 31.8 Å². The van der Waals surface area contributed by atoms with Crippen LogP contribution >= 0.6 is 0 Å². The molecule has 1 heterocycles. The Morgan fingerprint density at radius 3 is 1.71 bits per heavy atom. The quantitative estimate of drug-likeness (QED) is 0.272. The van der Waals surface area contributed by atoms with Crippen molar-refractivity contribution < 1.29 is 18.9 Å².